The first-order valence-corrected chi connectivity index (χ1v) is 6.64. The Morgan fingerprint density at radius 2 is 1.75 bits per heavy atom. The fraction of sp³-hybridized carbons (Fsp3) is 0.769. The van der Waals surface area contributed by atoms with Gasteiger partial charge in [0.05, 0.1) is 11.9 Å². The summed E-state index contributed by atoms with van der Waals surface area (Å²) in [7, 11) is 0. The van der Waals surface area contributed by atoms with E-state index in [4.69, 9.17) is 0 Å². The number of aromatic amines is 1. The number of aromatic nitrogens is 2. The Morgan fingerprint density at radius 3 is 2.31 bits per heavy atom. The van der Waals surface area contributed by atoms with E-state index >= 15 is 0 Å². The van der Waals surface area contributed by atoms with Gasteiger partial charge in [0.15, 0.2) is 0 Å². The van der Waals surface area contributed by atoms with Crippen molar-refractivity contribution in [3.05, 3.63) is 12.4 Å². The van der Waals surface area contributed by atoms with Crippen molar-refractivity contribution in [3.63, 3.8) is 0 Å². The molecule has 0 atom stereocenters. The quantitative estimate of drug-likeness (QED) is 0.799. The third kappa shape index (κ3) is 1.30. The van der Waals surface area contributed by atoms with Crippen LogP contribution in [0.4, 0.5) is 5.69 Å². The summed E-state index contributed by atoms with van der Waals surface area (Å²) in [6.07, 6.45) is 11.3. The van der Waals surface area contributed by atoms with Gasteiger partial charge in [0, 0.05) is 12.2 Å². The molecule has 1 heterocycles. The Kier molecular flexibility index (Phi) is 1.85. The third-order valence-corrected chi connectivity index (χ3v) is 5.06. The van der Waals surface area contributed by atoms with Crippen molar-refractivity contribution in [3.8, 4) is 0 Å². The molecule has 0 unspecified atom stereocenters. The predicted octanol–water partition coefficient (Wildman–Crippen LogP) is 2.65. The maximum absolute atomic E-state index is 4.02. The highest BCUT2D eigenvalue weighted by Gasteiger charge is 2.48. The van der Waals surface area contributed by atoms with Crippen LogP contribution in [0.3, 0.4) is 0 Å². The molecule has 16 heavy (non-hydrogen) atoms. The smallest absolute Gasteiger partial charge is 0.0726 e. The molecule has 4 aliphatic rings. The second kappa shape index (κ2) is 3.25. The number of rotatable bonds is 2. The van der Waals surface area contributed by atoms with Crippen LogP contribution in [0.5, 0.6) is 0 Å². The molecule has 1 aromatic rings. The standard InChI is InChI=1S/C13H19N3/c1-8-2-10-4-9(1)5-11(3-8)13(10)16-12-6-14-15-7-12/h6-11,13,16H,1-5H2,(H,14,15). The molecule has 3 heteroatoms. The van der Waals surface area contributed by atoms with Gasteiger partial charge in [0.25, 0.3) is 0 Å². The van der Waals surface area contributed by atoms with Crippen molar-refractivity contribution in [2.45, 2.75) is 38.1 Å². The lowest BCUT2D eigenvalue weighted by atomic mass is 9.54. The van der Waals surface area contributed by atoms with Gasteiger partial charge in [-0.05, 0) is 55.8 Å². The Morgan fingerprint density at radius 1 is 1.06 bits per heavy atom. The summed E-state index contributed by atoms with van der Waals surface area (Å²) in [5.41, 5.74) is 1.18. The number of H-pyrrole nitrogens is 1. The first-order valence-electron chi connectivity index (χ1n) is 6.64. The van der Waals surface area contributed by atoms with Crippen LogP contribution in [0.25, 0.3) is 0 Å². The van der Waals surface area contributed by atoms with Crippen LogP contribution >= 0.6 is 0 Å². The Labute approximate surface area is 96.0 Å². The zero-order valence-electron chi connectivity index (χ0n) is 9.52. The van der Waals surface area contributed by atoms with E-state index in [0.717, 1.165) is 29.7 Å². The average molecular weight is 217 g/mol. The molecular weight excluding hydrogens is 198 g/mol. The van der Waals surface area contributed by atoms with E-state index in [-0.39, 0.29) is 0 Å². The van der Waals surface area contributed by atoms with Crippen LogP contribution < -0.4 is 5.32 Å². The normalized spacial score (nSPS) is 44.9. The summed E-state index contributed by atoms with van der Waals surface area (Å²) in [6, 6.07) is 0.727. The SMILES string of the molecule is c1n[nH]cc1NC1C2CC3CC(C2)CC1C3. The molecule has 5 rings (SSSR count). The first kappa shape index (κ1) is 9.08. The van der Waals surface area contributed by atoms with Crippen LogP contribution in [-0.4, -0.2) is 16.2 Å². The summed E-state index contributed by atoms with van der Waals surface area (Å²) < 4.78 is 0. The topological polar surface area (TPSA) is 40.7 Å². The van der Waals surface area contributed by atoms with Crippen molar-refractivity contribution in [1.82, 2.24) is 10.2 Å². The number of nitrogens with one attached hydrogen (secondary N) is 2. The zero-order valence-corrected chi connectivity index (χ0v) is 9.52. The molecule has 0 aromatic carbocycles. The van der Waals surface area contributed by atoms with Gasteiger partial charge in [-0.25, -0.2) is 0 Å². The zero-order chi connectivity index (χ0) is 10.5. The second-order valence-electron chi connectivity index (χ2n) is 6.09. The third-order valence-electron chi connectivity index (χ3n) is 5.06. The molecule has 0 radical (unpaired) electrons. The Hall–Kier alpha value is -0.990. The van der Waals surface area contributed by atoms with Crippen LogP contribution in [0, 0.1) is 23.7 Å². The summed E-state index contributed by atoms with van der Waals surface area (Å²) in [6.45, 7) is 0. The van der Waals surface area contributed by atoms with E-state index < -0.39 is 0 Å². The molecule has 0 aliphatic heterocycles. The molecule has 0 amide bonds. The highest BCUT2D eigenvalue weighted by molar-refractivity contribution is 5.39. The van der Waals surface area contributed by atoms with E-state index in [9.17, 15) is 0 Å². The van der Waals surface area contributed by atoms with Gasteiger partial charge in [0.2, 0.25) is 0 Å². The van der Waals surface area contributed by atoms with Gasteiger partial charge in [-0.3, -0.25) is 5.10 Å². The van der Waals surface area contributed by atoms with Crippen LogP contribution in [0.15, 0.2) is 12.4 Å². The molecule has 86 valence electrons. The minimum absolute atomic E-state index is 0.727. The molecule has 4 saturated carbocycles. The van der Waals surface area contributed by atoms with Gasteiger partial charge in [0.1, 0.15) is 0 Å². The monoisotopic (exact) mass is 217 g/mol. The number of anilines is 1. The van der Waals surface area contributed by atoms with Crippen LogP contribution in [-0.2, 0) is 0 Å². The fourth-order valence-corrected chi connectivity index (χ4v) is 4.68. The summed E-state index contributed by atoms with van der Waals surface area (Å²) in [5, 5.41) is 10.6. The second-order valence-corrected chi connectivity index (χ2v) is 6.09. The van der Waals surface area contributed by atoms with Crippen molar-refractivity contribution in [2.24, 2.45) is 23.7 Å². The minimum Gasteiger partial charge on any atom is -0.379 e. The van der Waals surface area contributed by atoms with Gasteiger partial charge >= 0.3 is 0 Å². The molecule has 3 nitrogen and oxygen atoms in total. The van der Waals surface area contributed by atoms with Gasteiger partial charge in [-0.15, -0.1) is 0 Å². The fourth-order valence-electron chi connectivity index (χ4n) is 4.68. The lowest BCUT2D eigenvalue weighted by Crippen LogP contribution is -2.51. The van der Waals surface area contributed by atoms with Gasteiger partial charge in [-0.1, -0.05) is 0 Å². The van der Waals surface area contributed by atoms with Crippen molar-refractivity contribution >= 4 is 5.69 Å². The van der Waals surface area contributed by atoms with E-state index in [1.165, 1.54) is 37.8 Å². The molecular formula is C13H19N3. The highest BCUT2D eigenvalue weighted by atomic mass is 15.1. The van der Waals surface area contributed by atoms with Crippen molar-refractivity contribution in [1.29, 1.82) is 0 Å². The van der Waals surface area contributed by atoms with E-state index in [1.54, 1.807) is 0 Å². The molecule has 2 N–H and O–H groups in total. The van der Waals surface area contributed by atoms with Crippen molar-refractivity contribution in [2.75, 3.05) is 5.32 Å². The van der Waals surface area contributed by atoms with Gasteiger partial charge < -0.3 is 5.32 Å². The molecule has 0 spiro atoms. The Balaban J connectivity index is 1.56. The molecule has 4 bridgehead atoms. The van der Waals surface area contributed by atoms with Crippen LogP contribution in [0.2, 0.25) is 0 Å². The molecule has 4 fully saturated rings. The van der Waals surface area contributed by atoms with E-state index in [2.05, 4.69) is 15.5 Å². The minimum atomic E-state index is 0.727. The van der Waals surface area contributed by atoms with Gasteiger partial charge in [-0.2, -0.15) is 5.10 Å². The summed E-state index contributed by atoms with van der Waals surface area (Å²) in [4.78, 5) is 0. The van der Waals surface area contributed by atoms with Crippen LogP contribution in [0.1, 0.15) is 32.1 Å². The van der Waals surface area contributed by atoms with Crippen molar-refractivity contribution < 1.29 is 0 Å². The summed E-state index contributed by atoms with van der Waals surface area (Å²) >= 11 is 0. The first-order chi connectivity index (χ1) is 7.88. The predicted molar refractivity (Wildman–Crippen MR) is 63.0 cm³/mol. The number of hydrogen-bond donors (Lipinski definition) is 2. The summed E-state index contributed by atoms with van der Waals surface area (Å²) in [5.74, 6) is 3.99. The maximum atomic E-state index is 4.02. The number of hydrogen-bond acceptors (Lipinski definition) is 2. The average Bonchev–Trinajstić information content (AvgIpc) is 2.75. The molecule has 0 saturated heterocycles. The largest absolute Gasteiger partial charge is 0.379 e. The Bertz CT molecular complexity index is 343. The highest BCUT2D eigenvalue weighted by Crippen LogP contribution is 2.54. The number of nitrogens with zero attached hydrogens (tertiary/aromatic N) is 1. The lowest BCUT2D eigenvalue weighted by Gasteiger charge is -2.54. The van der Waals surface area contributed by atoms with E-state index in [0.29, 0.717) is 0 Å². The molecule has 1 aromatic heterocycles. The lowest BCUT2D eigenvalue weighted by molar-refractivity contribution is 0.00754. The maximum Gasteiger partial charge on any atom is 0.0726 e. The van der Waals surface area contributed by atoms with E-state index in [1.807, 2.05) is 12.4 Å². The molecule has 4 aliphatic carbocycles.